The van der Waals surface area contributed by atoms with E-state index in [-0.39, 0.29) is 12.3 Å². The monoisotopic (exact) mass is 382 g/mol. The van der Waals surface area contributed by atoms with Gasteiger partial charge in [-0.2, -0.15) is 0 Å². The van der Waals surface area contributed by atoms with Crippen molar-refractivity contribution < 1.29 is 9.53 Å². The van der Waals surface area contributed by atoms with Gasteiger partial charge in [0.25, 0.3) is 0 Å². The van der Waals surface area contributed by atoms with E-state index < -0.39 is 0 Å². The largest absolute Gasteiger partial charge is 0.495 e. The highest BCUT2D eigenvalue weighted by molar-refractivity contribution is 6.30. The van der Waals surface area contributed by atoms with Gasteiger partial charge in [0.05, 0.1) is 19.2 Å². The molecule has 0 atom stereocenters. The quantitative estimate of drug-likeness (QED) is 0.662. The lowest BCUT2D eigenvalue weighted by atomic mass is 10.1. The predicted octanol–water partition coefficient (Wildman–Crippen LogP) is 4.37. The fourth-order valence-electron chi connectivity index (χ4n) is 2.50. The number of benzene rings is 2. The molecule has 7 heteroatoms. The van der Waals surface area contributed by atoms with Gasteiger partial charge in [0.1, 0.15) is 5.75 Å². The maximum Gasteiger partial charge on any atom is 0.229 e. The van der Waals surface area contributed by atoms with Gasteiger partial charge < -0.3 is 15.4 Å². The Kier molecular flexibility index (Phi) is 5.88. The summed E-state index contributed by atoms with van der Waals surface area (Å²) < 4.78 is 5.34. The number of hydrogen-bond acceptors (Lipinski definition) is 5. The maximum absolute atomic E-state index is 12.1. The molecular formula is C20H19ClN4O2. The molecule has 138 valence electrons. The molecule has 1 amide bonds. The van der Waals surface area contributed by atoms with Crippen LogP contribution in [0.4, 0.5) is 17.3 Å². The zero-order chi connectivity index (χ0) is 19.2. The van der Waals surface area contributed by atoms with Crippen molar-refractivity contribution in [1.82, 2.24) is 10.2 Å². The number of ether oxygens (including phenoxy) is 1. The topological polar surface area (TPSA) is 76.1 Å². The molecule has 0 saturated heterocycles. The van der Waals surface area contributed by atoms with Gasteiger partial charge in [-0.05, 0) is 54.4 Å². The average molecular weight is 383 g/mol. The van der Waals surface area contributed by atoms with Crippen LogP contribution in [0, 0.1) is 6.92 Å². The minimum atomic E-state index is -0.173. The summed E-state index contributed by atoms with van der Waals surface area (Å²) in [4.78, 5) is 12.1. The summed E-state index contributed by atoms with van der Waals surface area (Å²) in [5.74, 6) is 1.47. The Morgan fingerprint density at radius 2 is 1.74 bits per heavy atom. The van der Waals surface area contributed by atoms with Crippen LogP contribution >= 0.6 is 11.6 Å². The Balaban J connectivity index is 1.62. The van der Waals surface area contributed by atoms with Crippen LogP contribution in [0.15, 0.2) is 54.6 Å². The number of amides is 1. The number of halogens is 1. The van der Waals surface area contributed by atoms with Crippen molar-refractivity contribution in [2.75, 3.05) is 17.7 Å². The van der Waals surface area contributed by atoms with E-state index in [0.717, 1.165) is 16.8 Å². The Bertz CT molecular complexity index is 928. The molecule has 0 aliphatic carbocycles. The van der Waals surface area contributed by atoms with Gasteiger partial charge in [0, 0.05) is 5.02 Å². The van der Waals surface area contributed by atoms with Gasteiger partial charge in [-0.1, -0.05) is 29.8 Å². The second-order valence-electron chi connectivity index (χ2n) is 5.98. The molecule has 2 aromatic carbocycles. The molecule has 0 radical (unpaired) electrons. The Morgan fingerprint density at radius 3 is 2.41 bits per heavy atom. The van der Waals surface area contributed by atoms with Gasteiger partial charge in [-0.15, -0.1) is 10.2 Å². The maximum atomic E-state index is 12.1. The first kappa shape index (κ1) is 18.7. The van der Waals surface area contributed by atoms with Crippen LogP contribution in [0.25, 0.3) is 0 Å². The highest BCUT2D eigenvalue weighted by Gasteiger charge is 2.08. The minimum Gasteiger partial charge on any atom is -0.495 e. The molecule has 27 heavy (non-hydrogen) atoms. The van der Waals surface area contributed by atoms with Crippen molar-refractivity contribution >= 4 is 34.8 Å². The molecular weight excluding hydrogens is 364 g/mol. The van der Waals surface area contributed by atoms with Crippen LogP contribution < -0.4 is 15.4 Å². The number of aromatic nitrogens is 2. The van der Waals surface area contributed by atoms with E-state index in [1.54, 1.807) is 31.4 Å². The number of rotatable bonds is 6. The van der Waals surface area contributed by atoms with Crippen molar-refractivity contribution in [2.24, 2.45) is 0 Å². The summed E-state index contributed by atoms with van der Waals surface area (Å²) in [7, 11) is 1.61. The predicted molar refractivity (Wildman–Crippen MR) is 107 cm³/mol. The molecule has 0 saturated carbocycles. The second-order valence-corrected chi connectivity index (χ2v) is 6.42. The first-order chi connectivity index (χ1) is 13.0. The number of methoxy groups -OCH3 is 1. The number of nitrogens with one attached hydrogen (secondary N) is 2. The molecule has 3 rings (SSSR count). The summed E-state index contributed by atoms with van der Waals surface area (Å²) in [6.45, 7) is 2.00. The molecule has 0 aliphatic rings. The van der Waals surface area contributed by atoms with Crippen molar-refractivity contribution in [1.29, 1.82) is 0 Å². The van der Waals surface area contributed by atoms with Crippen LogP contribution in [0.2, 0.25) is 5.02 Å². The van der Waals surface area contributed by atoms with Gasteiger partial charge in [0.15, 0.2) is 11.6 Å². The van der Waals surface area contributed by atoms with Gasteiger partial charge >= 0.3 is 0 Å². The van der Waals surface area contributed by atoms with Crippen LogP contribution in [-0.4, -0.2) is 23.2 Å². The zero-order valence-corrected chi connectivity index (χ0v) is 15.7. The minimum absolute atomic E-state index is 0.173. The van der Waals surface area contributed by atoms with Crippen molar-refractivity contribution in [3.8, 4) is 5.75 Å². The van der Waals surface area contributed by atoms with E-state index in [0.29, 0.717) is 22.4 Å². The number of carbonyl (C=O) groups is 1. The molecule has 0 aliphatic heterocycles. The van der Waals surface area contributed by atoms with Crippen LogP contribution in [-0.2, 0) is 11.2 Å². The van der Waals surface area contributed by atoms with Crippen LogP contribution in [0.1, 0.15) is 11.1 Å². The Morgan fingerprint density at radius 1 is 1.04 bits per heavy atom. The van der Waals surface area contributed by atoms with E-state index in [9.17, 15) is 4.79 Å². The smallest absolute Gasteiger partial charge is 0.229 e. The van der Waals surface area contributed by atoms with E-state index >= 15 is 0 Å². The van der Waals surface area contributed by atoms with Crippen molar-refractivity contribution in [3.05, 3.63) is 70.7 Å². The van der Waals surface area contributed by atoms with E-state index in [1.807, 2.05) is 37.3 Å². The lowest BCUT2D eigenvalue weighted by molar-refractivity contribution is -0.115. The summed E-state index contributed by atoms with van der Waals surface area (Å²) in [5, 5.41) is 14.7. The summed E-state index contributed by atoms with van der Waals surface area (Å²) in [6, 6.07) is 16.4. The van der Waals surface area contributed by atoms with Crippen LogP contribution in [0.3, 0.4) is 0 Å². The third-order valence-electron chi connectivity index (χ3n) is 3.83. The fourth-order valence-corrected chi connectivity index (χ4v) is 2.62. The molecule has 0 unspecified atom stereocenters. The summed E-state index contributed by atoms with van der Waals surface area (Å²) in [6.07, 6.45) is 0.235. The number of aryl methyl sites for hydroxylation is 1. The van der Waals surface area contributed by atoms with Gasteiger partial charge in [-0.3, -0.25) is 4.79 Å². The second kappa shape index (κ2) is 8.51. The highest BCUT2D eigenvalue weighted by atomic mass is 35.5. The Hall–Kier alpha value is -3.12. The summed E-state index contributed by atoms with van der Waals surface area (Å²) >= 11 is 5.85. The van der Waals surface area contributed by atoms with Gasteiger partial charge in [0.2, 0.25) is 5.91 Å². The van der Waals surface area contributed by atoms with E-state index in [2.05, 4.69) is 20.8 Å². The molecule has 1 aromatic heterocycles. The third-order valence-corrected chi connectivity index (χ3v) is 4.08. The molecule has 0 spiro atoms. The lowest BCUT2D eigenvalue weighted by Gasteiger charge is -2.11. The molecule has 1 heterocycles. The zero-order valence-electron chi connectivity index (χ0n) is 15.0. The van der Waals surface area contributed by atoms with E-state index in [4.69, 9.17) is 16.3 Å². The third kappa shape index (κ3) is 5.18. The number of hydrogen-bond donors (Lipinski definition) is 2. The molecule has 2 N–H and O–H groups in total. The van der Waals surface area contributed by atoms with E-state index in [1.165, 1.54) is 0 Å². The number of carbonyl (C=O) groups excluding carboxylic acids is 1. The first-order valence-electron chi connectivity index (χ1n) is 8.33. The average Bonchev–Trinajstić information content (AvgIpc) is 2.65. The van der Waals surface area contributed by atoms with Crippen molar-refractivity contribution in [3.63, 3.8) is 0 Å². The molecule has 6 nitrogen and oxygen atoms in total. The number of nitrogens with zero attached hydrogens (tertiary/aromatic N) is 2. The molecule has 0 bridgehead atoms. The Labute approximate surface area is 162 Å². The normalized spacial score (nSPS) is 10.3. The number of anilines is 3. The molecule has 3 aromatic rings. The lowest BCUT2D eigenvalue weighted by Crippen LogP contribution is -2.15. The van der Waals surface area contributed by atoms with Crippen molar-refractivity contribution in [2.45, 2.75) is 13.3 Å². The fraction of sp³-hybridized carbons (Fsp3) is 0.150. The van der Waals surface area contributed by atoms with Gasteiger partial charge in [-0.25, -0.2) is 0 Å². The van der Waals surface area contributed by atoms with Crippen LogP contribution in [0.5, 0.6) is 5.75 Å². The standard InChI is InChI=1S/C20H19ClN4O2/c1-13-3-8-17(27-2)16(11-13)22-18-9-10-19(25-24-18)23-20(26)12-14-4-6-15(21)7-5-14/h3-11H,12H2,1-2H3,(H,22,24)(H,23,25,26). The first-order valence-corrected chi connectivity index (χ1v) is 8.71. The SMILES string of the molecule is COc1ccc(C)cc1Nc1ccc(NC(=O)Cc2ccc(Cl)cc2)nn1. The molecule has 0 fully saturated rings. The summed E-state index contributed by atoms with van der Waals surface area (Å²) in [5.41, 5.74) is 2.76. The highest BCUT2D eigenvalue weighted by Crippen LogP contribution is 2.27.